The largest absolute Gasteiger partial charge is 0.497 e. The number of amides is 4. The van der Waals surface area contributed by atoms with Crippen molar-refractivity contribution in [1.82, 2.24) is 23.9 Å². The van der Waals surface area contributed by atoms with Crippen molar-refractivity contribution >= 4 is 101 Å². The van der Waals surface area contributed by atoms with Crippen LogP contribution in [0.2, 0.25) is 0 Å². The molecule has 4 unspecified atom stereocenters. The Labute approximate surface area is 408 Å². The lowest BCUT2D eigenvalue weighted by Gasteiger charge is -2.36. The smallest absolute Gasteiger partial charge is 0.332 e. The van der Waals surface area contributed by atoms with Gasteiger partial charge in [0.2, 0.25) is 29.5 Å². The van der Waals surface area contributed by atoms with Gasteiger partial charge in [0.05, 0.1) is 86.6 Å². The number of hydrogen-bond acceptors (Lipinski definition) is 8. The molecule has 3 fully saturated rings. The zero-order chi connectivity index (χ0) is 48.1. The third-order valence-electron chi connectivity index (χ3n) is 15.3. The predicted octanol–water partition coefficient (Wildman–Crippen LogP) is 11.0. The molecule has 0 spiro atoms. The van der Waals surface area contributed by atoms with Crippen LogP contribution in [-0.2, 0) is 19.2 Å². The maximum absolute atomic E-state index is 15.8. The van der Waals surface area contributed by atoms with Gasteiger partial charge in [0.25, 0.3) is 0 Å². The first-order chi connectivity index (χ1) is 35.4. The average Bonchev–Trinajstić information content (AvgIpc) is 4.24. The van der Waals surface area contributed by atoms with Crippen LogP contribution in [0.15, 0.2) is 186 Å². The van der Waals surface area contributed by atoms with Gasteiger partial charge in [-0.2, -0.15) is 4.90 Å². The average molecular weight is 940 g/mol. The van der Waals surface area contributed by atoms with Crippen molar-refractivity contribution in [2.45, 2.75) is 0 Å². The fourth-order valence-electron chi connectivity index (χ4n) is 12.2. The molecule has 4 atom stereocenters. The third kappa shape index (κ3) is 5.25. The van der Waals surface area contributed by atoms with Crippen molar-refractivity contribution in [2.24, 2.45) is 23.7 Å². The molecule has 13 nitrogen and oxygen atoms in total. The number of ether oxygens (including phenoxy) is 1. The van der Waals surface area contributed by atoms with Gasteiger partial charge in [0, 0.05) is 37.9 Å². The molecule has 13 heteroatoms. The van der Waals surface area contributed by atoms with Gasteiger partial charge < -0.3 is 22.9 Å². The molecule has 1 aliphatic carbocycles. The van der Waals surface area contributed by atoms with Gasteiger partial charge in [-0.15, -0.1) is 5.10 Å². The predicted molar refractivity (Wildman–Crippen MR) is 275 cm³/mol. The minimum Gasteiger partial charge on any atom is -0.497 e. The molecule has 8 aromatic carbocycles. The Morgan fingerprint density at radius 2 is 0.764 bits per heavy atom. The van der Waals surface area contributed by atoms with Crippen LogP contribution in [0.4, 0.5) is 11.7 Å². The van der Waals surface area contributed by atoms with Crippen LogP contribution >= 0.6 is 0 Å². The van der Waals surface area contributed by atoms with Gasteiger partial charge in [0.15, 0.2) is 0 Å². The number of carbonyl (C=O) groups excluding carboxylic acids is 4. The van der Waals surface area contributed by atoms with E-state index < -0.39 is 47.3 Å². The summed E-state index contributed by atoms with van der Waals surface area (Å²) in [6.45, 7) is 0. The molecule has 344 valence electrons. The van der Waals surface area contributed by atoms with Crippen molar-refractivity contribution < 1.29 is 28.3 Å². The Hall–Kier alpha value is -9.62. The monoisotopic (exact) mass is 939 g/mol. The number of nitrogens with zero attached hydrogens (tertiary/aromatic N) is 7. The summed E-state index contributed by atoms with van der Waals surface area (Å²) in [6, 6.07) is 59.9. The maximum atomic E-state index is 15.8. The Morgan fingerprint density at radius 1 is 0.417 bits per heavy atom. The van der Waals surface area contributed by atoms with E-state index in [1.165, 1.54) is 4.90 Å². The number of fused-ring (bicyclic) bond motifs is 13. The second-order valence-corrected chi connectivity index (χ2v) is 18.7. The van der Waals surface area contributed by atoms with Gasteiger partial charge in [-0.1, -0.05) is 114 Å². The fraction of sp³-hybridized carbons (Fsp3) is 0.0847. The number of anilines is 2. The molecule has 72 heavy (non-hydrogen) atoms. The molecule has 4 amide bonds. The molecule has 1 saturated carbocycles. The van der Waals surface area contributed by atoms with E-state index in [0.717, 1.165) is 76.0 Å². The summed E-state index contributed by atoms with van der Waals surface area (Å²) < 4.78 is 17.8. The van der Waals surface area contributed by atoms with E-state index in [1.54, 1.807) is 31.4 Å². The first-order valence-electron chi connectivity index (χ1n) is 23.8. The van der Waals surface area contributed by atoms with E-state index in [4.69, 9.17) is 9.15 Å². The van der Waals surface area contributed by atoms with Crippen molar-refractivity contribution in [3.05, 3.63) is 182 Å². The summed E-state index contributed by atoms with van der Waals surface area (Å²) in [5, 5.41) is 14.3. The Bertz CT molecular complexity index is 4040. The number of carbonyl (C=O) groups is 4. The molecule has 0 N–H and O–H groups in total. The Balaban J connectivity index is 0.986. The Kier molecular flexibility index (Phi) is 8.22. The zero-order valence-electron chi connectivity index (χ0n) is 38.2. The van der Waals surface area contributed by atoms with Crippen LogP contribution in [0.25, 0.3) is 93.9 Å². The molecule has 15 rings (SSSR count). The van der Waals surface area contributed by atoms with E-state index in [-0.39, 0.29) is 11.9 Å². The van der Waals surface area contributed by atoms with Crippen LogP contribution in [0.1, 0.15) is 0 Å². The summed E-state index contributed by atoms with van der Waals surface area (Å²) in [5.41, 5.74) is 8.20. The molecular formula is C59H37N7O6. The highest BCUT2D eigenvalue weighted by Crippen LogP contribution is 2.59. The summed E-state index contributed by atoms with van der Waals surface area (Å²) in [6.07, 6.45) is 0. The van der Waals surface area contributed by atoms with Gasteiger partial charge in [-0.25, -0.2) is 4.90 Å². The standard InChI is InChI=1S/C59H37N7O6/c1-71-34-28-26-32(27-29-34)54-60-61-59(72-54)66-57(69)51-49-50(52(51)58(66)70)56(68)65(55(49)67)53-47(63-43-22-10-4-16-37(43)38-17-5-11-23-44(38)63)30-33(62-41-20-8-2-14-35(41)36-15-3-9-21-42(36)62)31-48(53)64-45-24-12-6-18-39(45)40-19-7-13-25-46(40)64/h2-31,49-52H,1H3. The number of benzene rings is 8. The van der Waals surface area contributed by atoms with E-state index in [2.05, 4.69) is 109 Å². The van der Waals surface area contributed by atoms with Crippen LogP contribution in [-0.4, -0.2) is 54.6 Å². The summed E-state index contributed by atoms with van der Waals surface area (Å²) in [4.78, 5) is 62.8. The van der Waals surface area contributed by atoms with Crippen LogP contribution in [0, 0.1) is 23.7 Å². The molecule has 0 radical (unpaired) electrons. The van der Waals surface area contributed by atoms with Crippen molar-refractivity contribution in [2.75, 3.05) is 16.9 Å². The first kappa shape index (κ1) is 40.3. The number of methoxy groups -OCH3 is 1. The topological polar surface area (TPSA) is 138 Å². The van der Waals surface area contributed by atoms with Crippen molar-refractivity contribution in [3.63, 3.8) is 0 Å². The van der Waals surface area contributed by atoms with Crippen LogP contribution in [0.5, 0.6) is 5.75 Å². The van der Waals surface area contributed by atoms with Gasteiger partial charge in [-0.3, -0.25) is 19.2 Å². The number of aromatic nitrogens is 5. The molecule has 4 aromatic heterocycles. The molecule has 0 bridgehead atoms. The van der Waals surface area contributed by atoms with E-state index >= 15 is 9.59 Å². The van der Waals surface area contributed by atoms with Crippen molar-refractivity contribution in [1.29, 1.82) is 0 Å². The van der Waals surface area contributed by atoms with Crippen LogP contribution in [0.3, 0.4) is 0 Å². The lowest BCUT2D eigenvalue weighted by molar-refractivity contribution is -0.146. The van der Waals surface area contributed by atoms with Gasteiger partial charge >= 0.3 is 6.01 Å². The minimum absolute atomic E-state index is 0.0885. The highest BCUT2D eigenvalue weighted by Gasteiger charge is 2.74. The quantitative estimate of drug-likeness (QED) is 0.144. The zero-order valence-corrected chi connectivity index (χ0v) is 38.2. The second-order valence-electron chi connectivity index (χ2n) is 18.7. The lowest BCUT2D eigenvalue weighted by Crippen LogP contribution is -2.50. The maximum Gasteiger partial charge on any atom is 0.332 e. The van der Waals surface area contributed by atoms with Gasteiger partial charge in [0.1, 0.15) is 5.75 Å². The summed E-state index contributed by atoms with van der Waals surface area (Å²) in [5.74, 6) is -6.22. The normalized spacial score (nSPS) is 18.7. The highest BCUT2D eigenvalue weighted by atomic mass is 16.5. The number of para-hydroxylation sites is 6. The summed E-state index contributed by atoms with van der Waals surface area (Å²) >= 11 is 0. The number of imide groups is 2. The van der Waals surface area contributed by atoms with E-state index in [0.29, 0.717) is 28.4 Å². The molecule has 2 saturated heterocycles. The molecular weight excluding hydrogens is 903 g/mol. The van der Waals surface area contributed by atoms with E-state index in [9.17, 15) is 9.59 Å². The third-order valence-corrected chi connectivity index (χ3v) is 15.3. The molecule has 6 heterocycles. The number of hydrogen-bond donors (Lipinski definition) is 0. The minimum atomic E-state index is -1.12. The SMILES string of the molecule is COc1ccc(-c2nnc(N3C(=O)C4C(C3=O)C3C(=O)N(c5c(-n6c7ccccc7c7ccccc76)cc(-n6c7ccccc7c7ccccc76)cc5-n5c6ccccc6c6ccccc65)C(=O)C43)o2)cc1. The first-order valence-corrected chi connectivity index (χ1v) is 23.8. The van der Waals surface area contributed by atoms with Crippen molar-refractivity contribution in [3.8, 4) is 34.3 Å². The molecule has 3 aliphatic rings. The lowest BCUT2D eigenvalue weighted by atomic mass is 9.59. The number of rotatable bonds is 7. The fourth-order valence-corrected chi connectivity index (χ4v) is 12.2. The van der Waals surface area contributed by atoms with E-state index in [1.807, 2.05) is 72.8 Å². The molecule has 12 aromatic rings. The Morgan fingerprint density at radius 3 is 1.14 bits per heavy atom. The van der Waals surface area contributed by atoms with Crippen LogP contribution < -0.4 is 14.5 Å². The summed E-state index contributed by atoms with van der Waals surface area (Å²) in [7, 11) is 1.56. The molecule has 2 aliphatic heterocycles. The highest BCUT2D eigenvalue weighted by molar-refractivity contribution is 6.33. The van der Waals surface area contributed by atoms with Gasteiger partial charge in [-0.05, 0) is 72.8 Å². The second kappa shape index (κ2) is 14.7.